The van der Waals surface area contributed by atoms with Crippen LogP contribution in [0.3, 0.4) is 0 Å². The van der Waals surface area contributed by atoms with Crippen LogP contribution in [0.1, 0.15) is 27.0 Å². The lowest BCUT2D eigenvalue weighted by Crippen LogP contribution is -2.26. The van der Waals surface area contributed by atoms with Crippen LogP contribution in [0.4, 0.5) is 4.39 Å². The molecule has 0 aliphatic heterocycles. The number of benzene rings is 1. The Labute approximate surface area is 135 Å². The molecule has 0 saturated carbocycles. The Morgan fingerprint density at radius 3 is 2.58 bits per heavy atom. The zero-order chi connectivity index (χ0) is 17.3. The van der Waals surface area contributed by atoms with E-state index in [-0.39, 0.29) is 16.9 Å². The van der Waals surface area contributed by atoms with Crippen LogP contribution in [0.5, 0.6) is 0 Å². The van der Waals surface area contributed by atoms with Crippen molar-refractivity contribution in [3.63, 3.8) is 0 Å². The third-order valence-electron chi connectivity index (χ3n) is 3.73. The number of hydrogen-bond acceptors (Lipinski definition) is 4. The molecule has 24 heavy (non-hydrogen) atoms. The van der Waals surface area contributed by atoms with Gasteiger partial charge in [0.2, 0.25) is 0 Å². The molecule has 3 rings (SSSR count). The molecule has 0 fully saturated rings. The lowest BCUT2D eigenvalue weighted by molar-refractivity contribution is 0.0996. The second-order valence-corrected chi connectivity index (χ2v) is 5.37. The summed E-state index contributed by atoms with van der Waals surface area (Å²) in [4.78, 5) is 30.2. The first kappa shape index (κ1) is 15.8. The molecule has 0 bridgehead atoms. The van der Waals surface area contributed by atoms with Gasteiger partial charge in [0.1, 0.15) is 11.4 Å². The number of amides is 1. The molecule has 0 unspecified atom stereocenters. The summed E-state index contributed by atoms with van der Waals surface area (Å²) in [6.45, 7) is -0.525. The van der Waals surface area contributed by atoms with E-state index >= 15 is 0 Å². The molecule has 0 radical (unpaired) electrons. The van der Waals surface area contributed by atoms with E-state index in [1.807, 2.05) is 0 Å². The van der Waals surface area contributed by atoms with Crippen LogP contribution in [-0.4, -0.2) is 21.0 Å². The Hall–Kier alpha value is -3.06. The van der Waals surface area contributed by atoms with Gasteiger partial charge in [-0.3, -0.25) is 14.6 Å². The van der Waals surface area contributed by atoms with E-state index in [1.165, 1.54) is 12.1 Å². The molecule has 7 heteroatoms. The van der Waals surface area contributed by atoms with Crippen LogP contribution in [0.2, 0.25) is 0 Å². The molecule has 6 nitrogen and oxygen atoms in total. The Morgan fingerprint density at radius 1 is 1.25 bits per heavy atom. The number of carbonyl (C=O) groups is 1. The smallest absolute Gasteiger partial charge is 0.261 e. The second-order valence-electron chi connectivity index (χ2n) is 5.37. The number of fused-ring (bicyclic) bond motifs is 1. The van der Waals surface area contributed by atoms with E-state index in [4.69, 9.17) is 5.73 Å². The van der Waals surface area contributed by atoms with Crippen LogP contribution in [-0.2, 0) is 13.0 Å². The summed E-state index contributed by atoms with van der Waals surface area (Å²) in [5.41, 5.74) is 6.74. The number of halogens is 1. The van der Waals surface area contributed by atoms with Gasteiger partial charge >= 0.3 is 0 Å². The second kappa shape index (κ2) is 6.21. The molecular weight excluding hydrogens is 313 g/mol. The first-order valence-electron chi connectivity index (χ1n) is 7.18. The van der Waals surface area contributed by atoms with Gasteiger partial charge in [-0.1, -0.05) is 12.1 Å². The van der Waals surface area contributed by atoms with Crippen molar-refractivity contribution in [3.8, 4) is 0 Å². The molecule has 122 valence electrons. The van der Waals surface area contributed by atoms with Crippen molar-refractivity contribution in [1.82, 2.24) is 9.97 Å². The SMILES string of the molecule is NC(=O)c1c(CO)c2ncc(Cc3ccc(F)cc3)cc2[nH]c1=O. The molecular formula is C17H14FN3O3. The third-order valence-corrected chi connectivity index (χ3v) is 3.73. The maximum Gasteiger partial charge on any atom is 0.261 e. The van der Waals surface area contributed by atoms with Crippen molar-refractivity contribution in [2.75, 3.05) is 0 Å². The summed E-state index contributed by atoms with van der Waals surface area (Å²) < 4.78 is 13.0. The summed E-state index contributed by atoms with van der Waals surface area (Å²) in [5.74, 6) is -1.23. The van der Waals surface area contributed by atoms with Gasteiger partial charge in [-0.2, -0.15) is 0 Å². The van der Waals surface area contributed by atoms with Crippen LogP contribution >= 0.6 is 0 Å². The van der Waals surface area contributed by atoms with Gasteiger partial charge in [-0.15, -0.1) is 0 Å². The molecule has 0 spiro atoms. The van der Waals surface area contributed by atoms with Crippen LogP contribution in [0.15, 0.2) is 41.3 Å². The van der Waals surface area contributed by atoms with Gasteiger partial charge in [-0.05, 0) is 35.7 Å². The van der Waals surface area contributed by atoms with Crippen molar-refractivity contribution in [1.29, 1.82) is 0 Å². The molecule has 4 N–H and O–H groups in total. The highest BCUT2D eigenvalue weighted by atomic mass is 19.1. The van der Waals surface area contributed by atoms with Gasteiger partial charge in [0, 0.05) is 11.8 Å². The van der Waals surface area contributed by atoms with Crippen molar-refractivity contribution in [2.24, 2.45) is 5.73 Å². The van der Waals surface area contributed by atoms with Gasteiger partial charge in [0.15, 0.2) is 0 Å². The standard InChI is InChI=1S/C17H14FN3O3/c18-11-3-1-9(2-4-11)5-10-6-13-15(20-7-10)12(8-22)14(16(19)23)17(24)21-13/h1-4,6-7,22H,5,8H2,(H2,19,23)(H,21,24). The molecule has 2 heterocycles. The van der Waals surface area contributed by atoms with E-state index in [9.17, 15) is 19.1 Å². The number of aromatic nitrogens is 2. The highest BCUT2D eigenvalue weighted by Crippen LogP contribution is 2.19. The molecule has 3 aromatic rings. The number of aliphatic hydroxyl groups excluding tert-OH is 1. The summed E-state index contributed by atoms with van der Waals surface area (Å²) in [7, 11) is 0. The number of nitrogens with zero attached hydrogens (tertiary/aromatic N) is 1. The number of pyridine rings is 2. The average molecular weight is 327 g/mol. The molecule has 0 aliphatic carbocycles. The first-order chi connectivity index (χ1) is 11.5. The monoisotopic (exact) mass is 327 g/mol. The van der Waals surface area contributed by atoms with Crippen LogP contribution < -0.4 is 11.3 Å². The van der Waals surface area contributed by atoms with E-state index in [2.05, 4.69) is 9.97 Å². The lowest BCUT2D eigenvalue weighted by atomic mass is 10.0. The highest BCUT2D eigenvalue weighted by molar-refractivity contribution is 5.98. The highest BCUT2D eigenvalue weighted by Gasteiger charge is 2.17. The summed E-state index contributed by atoms with van der Waals surface area (Å²) in [6.07, 6.45) is 2.07. The minimum atomic E-state index is -0.917. The number of nitrogens with one attached hydrogen (secondary N) is 1. The normalized spacial score (nSPS) is 10.9. The Bertz CT molecular complexity index is 981. The number of carbonyl (C=O) groups excluding carboxylic acids is 1. The van der Waals surface area contributed by atoms with Crippen molar-refractivity contribution in [3.05, 3.63) is 75.0 Å². The summed E-state index contributed by atoms with van der Waals surface area (Å²) in [6, 6.07) is 7.77. The van der Waals surface area contributed by atoms with E-state index < -0.39 is 18.1 Å². The van der Waals surface area contributed by atoms with E-state index in [0.717, 1.165) is 11.1 Å². The van der Waals surface area contributed by atoms with Crippen molar-refractivity contribution >= 4 is 16.9 Å². The number of rotatable bonds is 4. The molecule has 1 amide bonds. The van der Waals surface area contributed by atoms with Gasteiger partial charge in [0.25, 0.3) is 11.5 Å². The average Bonchev–Trinajstić information content (AvgIpc) is 2.55. The Morgan fingerprint density at radius 2 is 1.96 bits per heavy atom. The summed E-state index contributed by atoms with van der Waals surface area (Å²) in [5, 5.41) is 9.48. The minimum Gasteiger partial charge on any atom is -0.392 e. The number of aliphatic hydroxyl groups is 1. The van der Waals surface area contributed by atoms with Gasteiger partial charge < -0.3 is 15.8 Å². The fraction of sp³-hybridized carbons (Fsp3) is 0.118. The molecule has 0 atom stereocenters. The van der Waals surface area contributed by atoms with Crippen molar-refractivity contribution in [2.45, 2.75) is 13.0 Å². The third kappa shape index (κ3) is 2.89. The lowest BCUT2D eigenvalue weighted by Gasteiger charge is -2.09. The predicted molar refractivity (Wildman–Crippen MR) is 86.0 cm³/mol. The largest absolute Gasteiger partial charge is 0.392 e. The number of nitrogens with two attached hydrogens (primary N) is 1. The minimum absolute atomic E-state index is 0.106. The number of primary amides is 1. The zero-order valence-corrected chi connectivity index (χ0v) is 12.5. The fourth-order valence-corrected chi connectivity index (χ4v) is 2.63. The maximum absolute atomic E-state index is 13.0. The number of hydrogen-bond donors (Lipinski definition) is 3. The topological polar surface area (TPSA) is 109 Å². The number of aromatic amines is 1. The predicted octanol–water partition coefficient (Wildman–Crippen LogP) is 1.24. The molecule has 0 saturated heterocycles. The quantitative estimate of drug-likeness (QED) is 0.670. The Balaban J connectivity index is 2.08. The molecule has 0 aliphatic rings. The molecule has 2 aromatic heterocycles. The van der Waals surface area contributed by atoms with Crippen LogP contribution in [0, 0.1) is 5.82 Å². The molecule has 1 aromatic carbocycles. The zero-order valence-electron chi connectivity index (χ0n) is 12.5. The van der Waals surface area contributed by atoms with Gasteiger partial charge in [0.05, 0.1) is 17.6 Å². The van der Waals surface area contributed by atoms with Crippen LogP contribution in [0.25, 0.3) is 11.0 Å². The Kier molecular flexibility index (Phi) is 4.09. The van der Waals surface area contributed by atoms with E-state index in [0.29, 0.717) is 17.5 Å². The first-order valence-corrected chi connectivity index (χ1v) is 7.18. The van der Waals surface area contributed by atoms with E-state index in [1.54, 1.807) is 24.4 Å². The van der Waals surface area contributed by atoms with Crippen molar-refractivity contribution < 1.29 is 14.3 Å². The summed E-state index contributed by atoms with van der Waals surface area (Å²) >= 11 is 0. The fourth-order valence-electron chi connectivity index (χ4n) is 2.63. The number of H-pyrrole nitrogens is 1. The maximum atomic E-state index is 13.0. The van der Waals surface area contributed by atoms with Gasteiger partial charge in [-0.25, -0.2) is 4.39 Å².